The van der Waals surface area contributed by atoms with Crippen molar-refractivity contribution in [2.24, 2.45) is 4.99 Å². The molecule has 0 atom stereocenters. The van der Waals surface area contributed by atoms with Crippen LogP contribution in [0.3, 0.4) is 0 Å². The predicted octanol–water partition coefficient (Wildman–Crippen LogP) is 2.44. The highest BCUT2D eigenvalue weighted by Crippen LogP contribution is 2.12. The quantitative estimate of drug-likeness (QED) is 0.861. The van der Waals surface area contributed by atoms with Crippen molar-refractivity contribution >= 4 is 17.4 Å². The van der Waals surface area contributed by atoms with Gasteiger partial charge in [-0.15, -0.1) is 0 Å². The number of benzene rings is 2. The first kappa shape index (κ1) is 15.1. The maximum absolute atomic E-state index is 11.9. The second-order valence-electron chi connectivity index (χ2n) is 5.19. The van der Waals surface area contributed by atoms with Gasteiger partial charge in [0.2, 0.25) is 5.91 Å². The number of aliphatic imine (C=N–C) groups is 1. The van der Waals surface area contributed by atoms with Crippen molar-refractivity contribution in [2.45, 2.75) is 6.42 Å². The zero-order valence-corrected chi connectivity index (χ0v) is 12.8. The fourth-order valence-corrected chi connectivity index (χ4v) is 2.30. The summed E-state index contributed by atoms with van der Waals surface area (Å²) >= 11 is 0. The van der Waals surface area contributed by atoms with Crippen molar-refractivity contribution in [1.29, 1.82) is 0 Å². The Morgan fingerprint density at radius 2 is 1.91 bits per heavy atom. The van der Waals surface area contributed by atoms with Crippen LogP contribution in [0.1, 0.15) is 12.0 Å². The van der Waals surface area contributed by atoms with Gasteiger partial charge in [-0.1, -0.05) is 18.2 Å². The van der Waals surface area contributed by atoms with E-state index in [4.69, 9.17) is 4.74 Å². The van der Waals surface area contributed by atoms with E-state index in [0.717, 1.165) is 35.9 Å². The van der Waals surface area contributed by atoms with E-state index >= 15 is 0 Å². The molecule has 0 aliphatic carbocycles. The fraction of sp³-hybridized carbons (Fsp3) is 0.222. The first-order valence-corrected chi connectivity index (χ1v) is 7.68. The Morgan fingerprint density at radius 1 is 1.13 bits per heavy atom. The highest BCUT2D eigenvalue weighted by Gasteiger charge is 2.08. The van der Waals surface area contributed by atoms with Gasteiger partial charge in [0, 0.05) is 17.8 Å². The maximum atomic E-state index is 11.9. The van der Waals surface area contributed by atoms with Gasteiger partial charge in [0.15, 0.2) is 0 Å². The lowest BCUT2D eigenvalue weighted by molar-refractivity contribution is -0.116. The van der Waals surface area contributed by atoms with Gasteiger partial charge in [0.25, 0.3) is 0 Å². The van der Waals surface area contributed by atoms with Crippen LogP contribution < -0.4 is 15.4 Å². The molecule has 5 heteroatoms. The number of nitrogens with zero attached hydrogens (tertiary/aromatic N) is 1. The van der Waals surface area contributed by atoms with Crippen molar-refractivity contribution in [3.8, 4) is 5.75 Å². The Morgan fingerprint density at radius 3 is 2.61 bits per heavy atom. The molecule has 1 aliphatic rings. The van der Waals surface area contributed by atoms with Crippen LogP contribution in [0.4, 0.5) is 5.69 Å². The van der Waals surface area contributed by atoms with E-state index in [-0.39, 0.29) is 5.91 Å². The van der Waals surface area contributed by atoms with Crippen LogP contribution in [0.5, 0.6) is 5.75 Å². The molecule has 0 saturated carbocycles. The third kappa shape index (κ3) is 4.32. The number of anilines is 1. The molecule has 2 aromatic rings. The number of hydrogen-bond donors (Lipinski definition) is 2. The van der Waals surface area contributed by atoms with E-state index in [9.17, 15) is 4.79 Å². The number of hydrogen-bond acceptors (Lipinski definition) is 4. The largest absolute Gasteiger partial charge is 0.493 e. The van der Waals surface area contributed by atoms with Gasteiger partial charge >= 0.3 is 0 Å². The van der Waals surface area contributed by atoms with Crippen LogP contribution in [-0.4, -0.2) is 31.4 Å². The van der Waals surface area contributed by atoms with Gasteiger partial charge in [0.05, 0.1) is 19.6 Å². The molecule has 0 spiro atoms. The van der Waals surface area contributed by atoms with E-state index < -0.39 is 0 Å². The fourth-order valence-electron chi connectivity index (χ4n) is 2.30. The number of ether oxygens (including phenoxy) is 1. The van der Waals surface area contributed by atoms with Gasteiger partial charge in [0.1, 0.15) is 11.6 Å². The van der Waals surface area contributed by atoms with Crippen LogP contribution in [-0.2, 0) is 4.79 Å². The molecule has 1 heterocycles. The Labute approximate surface area is 135 Å². The summed E-state index contributed by atoms with van der Waals surface area (Å²) < 4.78 is 5.52. The van der Waals surface area contributed by atoms with Crippen molar-refractivity contribution in [2.75, 3.05) is 25.0 Å². The Balaban J connectivity index is 1.46. The molecule has 118 valence electrons. The molecule has 5 nitrogen and oxygen atoms in total. The number of nitrogens with one attached hydrogen (secondary N) is 2. The third-order valence-electron chi connectivity index (χ3n) is 3.46. The van der Waals surface area contributed by atoms with Crippen LogP contribution >= 0.6 is 0 Å². The summed E-state index contributed by atoms with van der Waals surface area (Å²) in [6.07, 6.45) is 0.310. The molecule has 0 bridgehead atoms. The smallest absolute Gasteiger partial charge is 0.227 e. The summed E-state index contributed by atoms with van der Waals surface area (Å²) in [5.41, 5.74) is 1.81. The summed E-state index contributed by atoms with van der Waals surface area (Å²) in [4.78, 5) is 16.3. The van der Waals surface area contributed by atoms with Gasteiger partial charge < -0.3 is 15.4 Å². The molecule has 0 radical (unpaired) electrons. The van der Waals surface area contributed by atoms with E-state index in [0.29, 0.717) is 13.0 Å². The van der Waals surface area contributed by atoms with Gasteiger partial charge in [-0.05, 0) is 36.4 Å². The first-order chi connectivity index (χ1) is 11.3. The minimum absolute atomic E-state index is 0.0648. The van der Waals surface area contributed by atoms with Crippen LogP contribution in [0.25, 0.3) is 0 Å². The average molecular weight is 309 g/mol. The number of amides is 1. The molecule has 0 fully saturated rings. The molecular weight excluding hydrogens is 290 g/mol. The van der Waals surface area contributed by atoms with Crippen molar-refractivity contribution in [1.82, 2.24) is 5.32 Å². The van der Waals surface area contributed by atoms with Crippen LogP contribution in [0.15, 0.2) is 59.6 Å². The SMILES string of the molecule is O=C(CCOc1ccccc1)Nc1ccc(C2=NCCN2)cc1. The molecule has 23 heavy (non-hydrogen) atoms. The highest BCUT2D eigenvalue weighted by atomic mass is 16.5. The topological polar surface area (TPSA) is 62.7 Å². The molecule has 3 rings (SSSR count). The number of carbonyl (C=O) groups excluding carboxylic acids is 1. The Kier molecular flexibility index (Phi) is 4.88. The third-order valence-corrected chi connectivity index (χ3v) is 3.46. The van der Waals surface area contributed by atoms with Crippen molar-refractivity contribution < 1.29 is 9.53 Å². The number of rotatable bonds is 6. The molecular formula is C18H19N3O2. The molecule has 0 aromatic heterocycles. The minimum Gasteiger partial charge on any atom is -0.493 e. The number of amidine groups is 1. The van der Waals surface area contributed by atoms with E-state index in [1.807, 2.05) is 54.6 Å². The van der Waals surface area contributed by atoms with Crippen LogP contribution in [0, 0.1) is 0 Å². The lowest BCUT2D eigenvalue weighted by Crippen LogP contribution is -2.19. The van der Waals surface area contributed by atoms with E-state index in [1.54, 1.807) is 0 Å². The molecule has 1 aliphatic heterocycles. The summed E-state index contributed by atoms with van der Waals surface area (Å²) in [6, 6.07) is 17.1. The second kappa shape index (κ2) is 7.45. The van der Waals surface area contributed by atoms with Crippen LogP contribution in [0.2, 0.25) is 0 Å². The zero-order chi connectivity index (χ0) is 15.9. The molecule has 2 N–H and O–H groups in total. The maximum Gasteiger partial charge on any atom is 0.227 e. The lowest BCUT2D eigenvalue weighted by atomic mass is 10.2. The lowest BCUT2D eigenvalue weighted by Gasteiger charge is -2.08. The normalized spacial score (nSPS) is 13.1. The van der Waals surface area contributed by atoms with Crippen molar-refractivity contribution in [3.05, 3.63) is 60.2 Å². The molecule has 2 aromatic carbocycles. The van der Waals surface area contributed by atoms with Gasteiger partial charge in [-0.3, -0.25) is 9.79 Å². The summed E-state index contributed by atoms with van der Waals surface area (Å²) in [6.45, 7) is 2.05. The van der Waals surface area contributed by atoms with Crippen molar-refractivity contribution in [3.63, 3.8) is 0 Å². The standard InChI is InChI=1S/C18H19N3O2/c22-17(10-13-23-16-4-2-1-3-5-16)21-15-8-6-14(7-9-15)18-19-11-12-20-18/h1-9H,10-13H2,(H,19,20)(H,21,22). The summed E-state index contributed by atoms with van der Waals surface area (Å²) in [5, 5.41) is 6.09. The minimum atomic E-state index is -0.0648. The number of carbonyl (C=O) groups is 1. The highest BCUT2D eigenvalue weighted by molar-refractivity contribution is 6.00. The first-order valence-electron chi connectivity index (χ1n) is 7.68. The Bertz CT molecular complexity index is 681. The van der Waals surface area contributed by atoms with Gasteiger partial charge in [-0.2, -0.15) is 0 Å². The predicted molar refractivity (Wildman–Crippen MR) is 91.0 cm³/mol. The average Bonchev–Trinajstić information content (AvgIpc) is 3.11. The number of para-hydroxylation sites is 1. The Hall–Kier alpha value is -2.82. The summed E-state index contributed by atoms with van der Waals surface area (Å²) in [5.74, 6) is 1.62. The van der Waals surface area contributed by atoms with E-state index in [1.165, 1.54) is 0 Å². The molecule has 0 unspecified atom stereocenters. The second-order valence-corrected chi connectivity index (χ2v) is 5.19. The van der Waals surface area contributed by atoms with E-state index in [2.05, 4.69) is 15.6 Å². The molecule has 0 saturated heterocycles. The molecule has 1 amide bonds. The monoisotopic (exact) mass is 309 g/mol. The van der Waals surface area contributed by atoms with Gasteiger partial charge in [-0.25, -0.2) is 0 Å². The summed E-state index contributed by atoms with van der Waals surface area (Å²) in [7, 11) is 0. The zero-order valence-electron chi connectivity index (χ0n) is 12.8.